The van der Waals surface area contributed by atoms with Gasteiger partial charge in [-0.1, -0.05) is 67.9 Å². The molecule has 0 aromatic heterocycles. The smallest absolute Gasteiger partial charge is 0.0891 e. The second-order valence-corrected chi connectivity index (χ2v) is 5.20. The highest BCUT2D eigenvalue weighted by Gasteiger charge is 2.24. The van der Waals surface area contributed by atoms with Gasteiger partial charge in [-0.15, -0.1) is 0 Å². The molecule has 0 aliphatic rings. The van der Waals surface area contributed by atoms with Gasteiger partial charge in [0, 0.05) is 10.6 Å². The zero-order valence-electron chi connectivity index (χ0n) is 11.4. The van der Waals surface area contributed by atoms with E-state index in [1.54, 1.807) is 0 Å². The molecule has 0 heterocycles. The van der Waals surface area contributed by atoms with Crippen molar-refractivity contribution in [2.45, 2.75) is 32.3 Å². The van der Waals surface area contributed by atoms with Gasteiger partial charge in [-0.05, 0) is 30.0 Å². The topological polar surface area (TPSA) is 20.2 Å². The zero-order valence-corrected chi connectivity index (χ0v) is 12.1. The van der Waals surface area contributed by atoms with Crippen molar-refractivity contribution in [2.24, 2.45) is 0 Å². The SMILES string of the molecule is CCC(O)(CC)c1ccc(-c2ccccc2Cl)cc1. The molecule has 0 aliphatic heterocycles. The largest absolute Gasteiger partial charge is 0.385 e. The molecule has 2 heteroatoms. The van der Waals surface area contributed by atoms with E-state index < -0.39 is 5.60 Å². The van der Waals surface area contributed by atoms with Gasteiger partial charge in [0.1, 0.15) is 0 Å². The number of rotatable bonds is 4. The molecule has 0 saturated carbocycles. The molecule has 0 bridgehead atoms. The third-order valence-corrected chi connectivity index (χ3v) is 4.11. The van der Waals surface area contributed by atoms with Gasteiger partial charge >= 0.3 is 0 Å². The highest BCUT2D eigenvalue weighted by molar-refractivity contribution is 6.33. The van der Waals surface area contributed by atoms with E-state index in [1.165, 1.54) is 0 Å². The Morgan fingerprint density at radius 2 is 1.53 bits per heavy atom. The Balaban J connectivity index is 2.37. The minimum Gasteiger partial charge on any atom is -0.385 e. The van der Waals surface area contributed by atoms with E-state index in [2.05, 4.69) is 0 Å². The second-order valence-electron chi connectivity index (χ2n) is 4.80. The Morgan fingerprint density at radius 3 is 2.05 bits per heavy atom. The summed E-state index contributed by atoms with van der Waals surface area (Å²) in [5.74, 6) is 0. The first-order chi connectivity index (χ1) is 9.10. The minimum atomic E-state index is -0.723. The van der Waals surface area contributed by atoms with Crippen LogP contribution in [-0.4, -0.2) is 5.11 Å². The fourth-order valence-electron chi connectivity index (χ4n) is 2.31. The molecule has 0 aliphatic carbocycles. The van der Waals surface area contributed by atoms with E-state index in [4.69, 9.17) is 11.6 Å². The lowest BCUT2D eigenvalue weighted by Gasteiger charge is -2.26. The van der Waals surface area contributed by atoms with Crippen LogP contribution < -0.4 is 0 Å². The van der Waals surface area contributed by atoms with E-state index in [0.29, 0.717) is 0 Å². The number of aliphatic hydroxyl groups is 1. The summed E-state index contributed by atoms with van der Waals surface area (Å²) in [4.78, 5) is 0. The van der Waals surface area contributed by atoms with Gasteiger partial charge in [0.25, 0.3) is 0 Å². The van der Waals surface area contributed by atoms with Gasteiger partial charge in [-0.3, -0.25) is 0 Å². The molecule has 19 heavy (non-hydrogen) atoms. The molecular weight excluding hydrogens is 256 g/mol. The highest BCUT2D eigenvalue weighted by Crippen LogP contribution is 2.32. The van der Waals surface area contributed by atoms with Crippen molar-refractivity contribution in [1.82, 2.24) is 0 Å². The van der Waals surface area contributed by atoms with Crippen molar-refractivity contribution in [3.05, 3.63) is 59.1 Å². The summed E-state index contributed by atoms with van der Waals surface area (Å²) in [6.07, 6.45) is 1.43. The van der Waals surface area contributed by atoms with Crippen molar-refractivity contribution < 1.29 is 5.11 Å². The fraction of sp³-hybridized carbons (Fsp3) is 0.294. The minimum absolute atomic E-state index is 0.717. The molecule has 100 valence electrons. The van der Waals surface area contributed by atoms with Crippen LogP contribution in [0.25, 0.3) is 11.1 Å². The van der Waals surface area contributed by atoms with Crippen LogP contribution in [0.2, 0.25) is 5.02 Å². The summed E-state index contributed by atoms with van der Waals surface area (Å²) in [7, 11) is 0. The summed E-state index contributed by atoms with van der Waals surface area (Å²) in [5, 5.41) is 11.2. The van der Waals surface area contributed by atoms with Gasteiger partial charge in [0.15, 0.2) is 0 Å². The predicted octanol–water partition coefficient (Wildman–Crippen LogP) is 5.01. The van der Waals surface area contributed by atoms with E-state index >= 15 is 0 Å². The maximum atomic E-state index is 10.5. The van der Waals surface area contributed by atoms with Crippen molar-refractivity contribution >= 4 is 11.6 Å². The Hall–Kier alpha value is -1.31. The van der Waals surface area contributed by atoms with Crippen molar-refractivity contribution in [2.75, 3.05) is 0 Å². The fourth-order valence-corrected chi connectivity index (χ4v) is 2.56. The van der Waals surface area contributed by atoms with Crippen LogP contribution in [0, 0.1) is 0 Å². The molecule has 0 radical (unpaired) electrons. The average molecular weight is 275 g/mol. The molecule has 0 saturated heterocycles. The first kappa shape index (κ1) is 14.1. The van der Waals surface area contributed by atoms with Gasteiger partial charge in [-0.25, -0.2) is 0 Å². The van der Waals surface area contributed by atoms with Crippen LogP contribution in [0.3, 0.4) is 0 Å². The molecule has 2 rings (SSSR count). The normalized spacial score (nSPS) is 11.6. The van der Waals surface area contributed by atoms with Crippen LogP contribution in [0.1, 0.15) is 32.3 Å². The molecule has 0 fully saturated rings. The molecule has 1 N–H and O–H groups in total. The van der Waals surface area contributed by atoms with Gasteiger partial charge < -0.3 is 5.11 Å². The number of halogens is 1. The highest BCUT2D eigenvalue weighted by atomic mass is 35.5. The maximum Gasteiger partial charge on any atom is 0.0891 e. The standard InChI is InChI=1S/C17H19ClO/c1-3-17(19,4-2)14-11-9-13(10-12-14)15-7-5-6-8-16(15)18/h5-12,19H,3-4H2,1-2H3. The van der Waals surface area contributed by atoms with Gasteiger partial charge in [0.05, 0.1) is 5.60 Å². The van der Waals surface area contributed by atoms with E-state index in [-0.39, 0.29) is 0 Å². The third-order valence-electron chi connectivity index (χ3n) is 3.78. The van der Waals surface area contributed by atoms with Crippen LogP contribution in [0.5, 0.6) is 0 Å². The van der Waals surface area contributed by atoms with E-state index in [0.717, 1.165) is 34.6 Å². The molecule has 0 atom stereocenters. The van der Waals surface area contributed by atoms with Crippen LogP contribution in [0.15, 0.2) is 48.5 Å². The lowest BCUT2D eigenvalue weighted by molar-refractivity contribution is 0.0284. The predicted molar refractivity (Wildman–Crippen MR) is 81.4 cm³/mol. The monoisotopic (exact) mass is 274 g/mol. The lowest BCUT2D eigenvalue weighted by Crippen LogP contribution is -2.23. The Kier molecular flexibility index (Phi) is 4.28. The summed E-state index contributed by atoms with van der Waals surface area (Å²) >= 11 is 6.19. The van der Waals surface area contributed by atoms with Crippen molar-refractivity contribution in [3.8, 4) is 11.1 Å². The Morgan fingerprint density at radius 1 is 0.947 bits per heavy atom. The number of hydrogen-bond donors (Lipinski definition) is 1. The summed E-state index contributed by atoms with van der Waals surface area (Å²) < 4.78 is 0. The van der Waals surface area contributed by atoms with Gasteiger partial charge in [-0.2, -0.15) is 0 Å². The zero-order chi connectivity index (χ0) is 13.9. The average Bonchev–Trinajstić information content (AvgIpc) is 2.47. The lowest BCUT2D eigenvalue weighted by atomic mass is 9.88. The first-order valence-corrected chi connectivity index (χ1v) is 7.06. The van der Waals surface area contributed by atoms with Crippen LogP contribution in [-0.2, 0) is 5.60 Å². The number of hydrogen-bond acceptors (Lipinski definition) is 1. The van der Waals surface area contributed by atoms with Crippen molar-refractivity contribution in [1.29, 1.82) is 0 Å². The molecule has 2 aromatic carbocycles. The summed E-state index contributed by atoms with van der Waals surface area (Å²) in [6, 6.07) is 15.8. The molecule has 0 spiro atoms. The summed E-state index contributed by atoms with van der Waals surface area (Å²) in [5.41, 5.74) is 2.34. The van der Waals surface area contributed by atoms with E-state index in [9.17, 15) is 5.11 Å². The second kappa shape index (κ2) is 5.77. The van der Waals surface area contributed by atoms with Crippen LogP contribution >= 0.6 is 11.6 Å². The Labute approximate surface area is 119 Å². The maximum absolute atomic E-state index is 10.5. The van der Waals surface area contributed by atoms with Crippen molar-refractivity contribution in [3.63, 3.8) is 0 Å². The molecular formula is C17H19ClO. The molecule has 0 unspecified atom stereocenters. The third kappa shape index (κ3) is 2.83. The Bertz CT molecular complexity index is 541. The quantitative estimate of drug-likeness (QED) is 0.830. The van der Waals surface area contributed by atoms with Gasteiger partial charge in [0.2, 0.25) is 0 Å². The first-order valence-electron chi connectivity index (χ1n) is 6.68. The summed E-state index contributed by atoms with van der Waals surface area (Å²) in [6.45, 7) is 4.01. The molecule has 1 nitrogen and oxygen atoms in total. The number of benzene rings is 2. The van der Waals surface area contributed by atoms with E-state index in [1.807, 2.05) is 62.4 Å². The molecule has 0 amide bonds. The molecule has 2 aromatic rings. The van der Waals surface area contributed by atoms with Crippen LogP contribution in [0.4, 0.5) is 0 Å².